The van der Waals surface area contributed by atoms with E-state index in [1.165, 1.54) is 0 Å². The number of halogens is 1. The largest absolute Gasteiger partial charge is 0.353 e. The lowest BCUT2D eigenvalue weighted by Gasteiger charge is -2.35. The maximum atomic E-state index is 12.3. The topological polar surface area (TPSA) is 65.5 Å². The molecule has 1 aliphatic heterocycles. The van der Waals surface area contributed by atoms with Gasteiger partial charge in [-0.05, 0) is 30.3 Å². The zero-order chi connectivity index (χ0) is 18.4. The second-order valence-corrected chi connectivity index (χ2v) is 6.51. The second-order valence-electron chi connectivity index (χ2n) is 6.07. The number of piperazine rings is 1. The van der Waals surface area contributed by atoms with Gasteiger partial charge >= 0.3 is 0 Å². The molecule has 3 rings (SSSR count). The van der Waals surface area contributed by atoms with Crippen LogP contribution in [-0.4, -0.2) is 54.4 Å². The highest BCUT2D eigenvalue weighted by Gasteiger charge is 2.21. The van der Waals surface area contributed by atoms with E-state index in [4.69, 9.17) is 11.6 Å². The molecule has 2 aromatic rings. The third-order valence-electron chi connectivity index (χ3n) is 4.32. The van der Waals surface area contributed by atoms with E-state index in [1.807, 2.05) is 23.1 Å². The van der Waals surface area contributed by atoms with Gasteiger partial charge in [-0.15, -0.1) is 0 Å². The fourth-order valence-corrected chi connectivity index (χ4v) is 3.09. The van der Waals surface area contributed by atoms with E-state index in [2.05, 4.69) is 15.2 Å². The molecule has 2 heterocycles. The number of nitrogens with one attached hydrogen (secondary N) is 1. The zero-order valence-electron chi connectivity index (χ0n) is 14.4. The predicted octanol–water partition coefficient (Wildman–Crippen LogP) is 2.20. The molecule has 1 aromatic carbocycles. The van der Waals surface area contributed by atoms with Gasteiger partial charge in [-0.3, -0.25) is 9.59 Å². The van der Waals surface area contributed by atoms with E-state index in [9.17, 15) is 9.59 Å². The van der Waals surface area contributed by atoms with Crippen LogP contribution < -0.4 is 10.2 Å². The van der Waals surface area contributed by atoms with Gasteiger partial charge in [0.2, 0.25) is 5.91 Å². The number of anilines is 1. The minimum Gasteiger partial charge on any atom is -0.353 e. The number of hydrogen-bond acceptors (Lipinski definition) is 4. The van der Waals surface area contributed by atoms with Crippen molar-refractivity contribution in [3.05, 3.63) is 59.2 Å². The first-order valence-corrected chi connectivity index (χ1v) is 8.99. The van der Waals surface area contributed by atoms with Gasteiger partial charge in [0.25, 0.3) is 5.91 Å². The maximum Gasteiger partial charge on any atom is 0.251 e. The van der Waals surface area contributed by atoms with Crippen LogP contribution in [0.3, 0.4) is 0 Å². The third-order valence-corrected chi connectivity index (χ3v) is 4.55. The monoisotopic (exact) mass is 372 g/mol. The van der Waals surface area contributed by atoms with Crippen LogP contribution in [0.4, 0.5) is 5.82 Å². The first-order chi connectivity index (χ1) is 12.6. The number of pyridine rings is 1. The standard InChI is InChI=1S/C19H21ClN4O2/c20-16-5-3-4-15(14-16)19(26)22-9-7-18(25)24-12-10-23(11-13-24)17-6-1-2-8-21-17/h1-6,8,14H,7,9-13H2,(H,22,26). The molecule has 1 fully saturated rings. The molecule has 0 bridgehead atoms. The minimum atomic E-state index is -0.222. The highest BCUT2D eigenvalue weighted by molar-refractivity contribution is 6.30. The van der Waals surface area contributed by atoms with Crippen LogP contribution in [0.2, 0.25) is 5.02 Å². The van der Waals surface area contributed by atoms with Crippen molar-refractivity contribution in [2.45, 2.75) is 6.42 Å². The molecule has 2 amide bonds. The zero-order valence-corrected chi connectivity index (χ0v) is 15.2. The number of aromatic nitrogens is 1. The molecular formula is C19H21ClN4O2. The first-order valence-electron chi connectivity index (χ1n) is 8.61. The van der Waals surface area contributed by atoms with Crippen LogP contribution in [0.5, 0.6) is 0 Å². The molecule has 1 aromatic heterocycles. The van der Waals surface area contributed by atoms with Crippen molar-refractivity contribution in [3.63, 3.8) is 0 Å². The van der Waals surface area contributed by atoms with Crippen molar-refractivity contribution in [2.75, 3.05) is 37.6 Å². The summed E-state index contributed by atoms with van der Waals surface area (Å²) in [5.41, 5.74) is 0.494. The Bertz CT molecular complexity index is 761. The Labute approximate surface area is 157 Å². The lowest BCUT2D eigenvalue weighted by molar-refractivity contribution is -0.131. The summed E-state index contributed by atoms with van der Waals surface area (Å²) in [6.45, 7) is 3.16. The number of benzene rings is 1. The van der Waals surface area contributed by atoms with Crippen molar-refractivity contribution in [1.82, 2.24) is 15.2 Å². The molecule has 1 N–H and O–H groups in total. The smallest absolute Gasteiger partial charge is 0.251 e. The first kappa shape index (κ1) is 18.2. The van der Waals surface area contributed by atoms with Crippen LogP contribution in [-0.2, 0) is 4.79 Å². The molecule has 136 valence electrons. The number of hydrogen-bond donors (Lipinski definition) is 1. The fourth-order valence-electron chi connectivity index (χ4n) is 2.90. The summed E-state index contributed by atoms with van der Waals surface area (Å²) in [5, 5.41) is 3.28. The van der Waals surface area contributed by atoms with Crippen LogP contribution in [0, 0.1) is 0 Å². The molecule has 7 heteroatoms. The van der Waals surface area contributed by atoms with Gasteiger partial charge in [-0.25, -0.2) is 4.98 Å². The van der Waals surface area contributed by atoms with E-state index >= 15 is 0 Å². The van der Waals surface area contributed by atoms with Crippen molar-refractivity contribution in [3.8, 4) is 0 Å². The Morgan fingerprint density at radius 2 is 1.88 bits per heavy atom. The molecule has 0 radical (unpaired) electrons. The molecule has 0 spiro atoms. The van der Waals surface area contributed by atoms with Crippen molar-refractivity contribution < 1.29 is 9.59 Å². The highest BCUT2D eigenvalue weighted by atomic mass is 35.5. The van der Waals surface area contributed by atoms with Crippen molar-refractivity contribution >= 4 is 29.2 Å². The summed E-state index contributed by atoms with van der Waals surface area (Å²) in [5.74, 6) is 0.769. The molecule has 1 saturated heterocycles. The number of amides is 2. The van der Waals surface area contributed by atoms with Crippen LogP contribution in [0.25, 0.3) is 0 Å². The molecule has 0 saturated carbocycles. The van der Waals surface area contributed by atoms with E-state index in [1.54, 1.807) is 30.5 Å². The molecular weight excluding hydrogens is 352 g/mol. The van der Waals surface area contributed by atoms with Gasteiger partial charge in [0.15, 0.2) is 0 Å². The Kier molecular flexibility index (Phi) is 6.07. The Morgan fingerprint density at radius 1 is 1.08 bits per heavy atom. The van der Waals surface area contributed by atoms with Gasteiger partial charge < -0.3 is 15.1 Å². The predicted molar refractivity (Wildman–Crippen MR) is 101 cm³/mol. The maximum absolute atomic E-state index is 12.3. The third kappa shape index (κ3) is 4.73. The fraction of sp³-hybridized carbons (Fsp3) is 0.316. The van der Waals surface area contributed by atoms with Crippen LogP contribution in [0.1, 0.15) is 16.8 Å². The van der Waals surface area contributed by atoms with Crippen molar-refractivity contribution in [1.29, 1.82) is 0 Å². The van der Waals surface area contributed by atoms with Crippen LogP contribution in [0.15, 0.2) is 48.7 Å². The minimum absolute atomic E-state index is 0.0528. The summed E-state index contributed by atoms with van der Waals surface area (Å²) in [4.78, 5) is 32.7. The molecule has 0 unspecified atom stereocenters. The van der Waals surface area contributed by atoms with E-state index in [0.29, 0.717) is 30.2 Å². The number of nitrogens with zero attached hydrogens (tertiary/aromatic N) is 3. The SMILES string of the molecule is O=C(NCCC(=O)N1CCN(c2ccccn2)CC1)c1cccc(Cl)c1. The Balaban J connectivity index is 1.41. The summed E-state index contributed by atoms with van der Waals surface area (Å²) in [6.07, 6.45) is 2.06. The average molecular weight is 373 g/mol. The molecule has 6 nitrogen and oxygen atoms in total. The molecule has 1 aliphatic rings. The summed E-state index contributed by atoms with van der Waals surface area (Å²) in [6, 6.07) is 12.6. The van der Waals surface area contributed by atoms with Gasteiger partial charge in [0.05, 0.1) is 0 Å². The average Bonchev–Trinajstić information content (AvgIpc) is 2.68. The lowest BCUT2D eigenvalue weighted by atomic mass is 10.2. The second kappa shape index (κ2) is 8.67. The van der Waals surface area contributed by atoms with Gasteiger partial charge in [-0.1, -0.05) is 23.7 Å². The normalized spacial score (nSPS) is 14.2. The Hall–Kier alpha value is -2.60. The highest BCUT2D eigenvalue weighted by Crippen LogP contribution is 2.13. The van der Waals surface area contributed by atoms with Gasteiger partial charge in [0.1, 0.15) is 5.82 Å². The van der Waals surface area contributed by atoms with Crippen molar-refractivity contribution in [2.24, 2.45) is 0 Å². The lowest BCUT2D eigenvalue weighted by Crippen LogP contribution is -2.49. The molecule has 26 heavy (non-hydrogen) atoms. The summed E-state index contributed by atoms with van der Waals surface area (Å²) >= 11 is 5.88. The summed E-state index contributed by atoms with van der Waals surface area (Å²) < 4.78 is 0. The number of rotatable bonds is 5. The van der Waals surface area contributed by atoms with E-state index in [0.717, 1.165) is 18.9 Å². The quantitative estimate of drug-likeness (QED) is 0.873. The number of carbonyl (C=O) groups excluding carboxylic acids is 2. The Morgan fingerprint density at radius 3 is 2.58 bits per heavy atom. The molecule has 0 atom stereocenters. The van der Waals surface area contributed by atoms with Gasteiger partial charge in [0, 0.05) is 55.9 Å². The van der Waals surface area contributed by atoms with Gasteiger partial charge in [-0.2, -0.15) is 0 Å². The van der Waals surface area contributed by atoms with E-state index < -0.39 is 0 Å². The van der Waals surface area contributed by atoms with Crippen LogP contribution >= 0.6 is 11.6 Å². The van der Waals surface area contributed by atoms with E-state index in [-0.39, 0.29) is 18.2 Å². The number of carbonyl (C=O) groups is 2. The molecule has 0 aliphatic carbocycles. The summed E-state index contributed by atoms with van der Waals surface area (Å²) in [7, 11) is 0.